The van der Waals surface area contributed by atoms with Crippen molar-refractivity contribution in [1.29, 1.82) is 0 Å². The average molecular weight is 225 g/mol. The van der Waals surface area contributed by atoms with Crippen LogP contribution in [0.15, 0.2) is 24.2 Å². The minimum Gasteiger partial charge on any atom is -0.403 e. The van der Waals surface area contributed by atoms with Crippen LogP contribution in [0.3, 0.4) is 0 Å². The molecule has 0 saturated carbocycles. The van der Waals surface area contributed by atoms with Crippen LogP contribution in [-0.4, -0.2) is 24.0 Å². The van der Waals surface area contributed by atoms with Gasteiger partial charge in [0, 0.05) is 37.2 Å². The van der Waals surface area contributed by atoms with Gasteiger partial charge >= 0.3 is 0 Å². The number of allylic oxidation sites excluding steroid dienone is 1. The molecule has 0 radical (unpaired) electrons. The summed E-state index contributed by atoms with van der Waals surface area (Å²) in [7, 11) is 2.02. The van der Waals surface area contributed by atoms with Gasteiger partial charge < -0.3 is 16.0 Å². The second-order valence-corrected chi connectivity index (χ2v) is 4.65. The summed E-state index contributed by atoms with van der Waals surface area (Å²) in [4.78, 5) is 2.06. The lowest BCUT2D eigenvalue weighted by Gasteiger charge is -2.26. The Hall–Kier alpha value is -0.960. The van der Waals surface area contributed by atoms with Gasteiger partial charge in [-0.05, 0) is 33.6 Å². The summed E-state index contributed by atoms with van der Waals surface area (Å²) in [6, 6.07) is 0. The highest BCUT2D eigenvalue weighted by Crippen LogP contribution is 2.10. The molecule has 16 heavy (non-hydrogen) atoms. The molecule has 0 unspecified atom stereocenters. The summed E-state index contributed by atoms with van der Waals surface area (Å²) in [5, 5.41) is 3.55. The molecule has 0 saturated heterocycles. The highest BCUT2D eigenvalue weighted by atomic mass is 15.1. The van der Waals surface area contributed by atoms with Crippen molar-refractivity contribution < 1.29 is 0 Å². The Morgan fingerprint density at radius 1 is 1.44 bits per heavy atom. The van der Waals surface area contributed by atoms with E-state index in [2.05, 4.69) is 44.0 Å². The van der Waals surface area contributed by atoms with Gasteiger partial charge in [0.15, 0.2) is 0 Å². The van der Waals surface area contributed by atoms with Crippen LogP contribution < -0.4 is 11.1 Å². The molecule has 0 spiro atoms. The van der Waals surface area contributed by atoms with Crippen LogP contribution in [0.4, 0.5) is 0 Å². The molecular weight excluding hydrogens is 198 g/mol. The molecular formula is C13H27N3. The smallest absolute Gasteiger partial charge is 0.0189 e. The molecule has 0 aromatic rings. The van der Waals surface area contributed by atoms with E-state index in [4.69, 9.17) is 5.73 Å². The maximum atomic E-state index is 5.38. The quantitative estimate of drug-likeness (QED) is 0.699. The molecule has 0 aromatic heterocycles. The predicted octanol–water partition coefficient (Wildman–Crippen LogP) is 2.42. The van der Waals surface area contributed by atoms with E-state index >= 15 is 0 Å². The van der Waals surface area contributed by atoms with Crippen LogP contribution in [0.2, 0.25) is 0 Å². The van der Waals surface area contributed by atoms with Gasteiger partial charge in [0.1, 0.15) is 0 Å². The first-order valence-electron chi connectivity index (χ1n) is 5.98. The van der Waals surface area contributed by atoms with Crippen molar-refractivity contribution in [3.63, 3.8) is 0 Å². The van der Waals surface area contributed by atoms with Crippen molar-refractivity contribution in [3.05, 3.63) is 24.2 Å². The monoisotopic (exact) mass is 225 g/mol. The lowest BCUT2D eigenvalue weighted by Crippen LogP contribution is -2.39. The van der Waals surface area contributed by atoms with Crippen LogP contribution in [0.1, 0.15) is 40.5 Å². The minimum atomic E-state index is 0.223. The second-order valence-electron chi connectivity index (χ2n) is 4.65. The zero-order chi connectivity index (χ0) is 12.6. The molecule has 0 aromatic carbocycles. The van der Waals surface area contributed by atoms with E-state index in [0.29, 0.717) is 0 Å². The Balaban J connectivity index is 4.08. The van der Waals surface area contributed by atoms with E-state index < -0.39 is 0 Å². The summed E-state index contributed by atoms with van der Waals surface area (Å²) in [6.07, 6.45) is 7.71. The summed E-state index contributed by atoms with van der Waals surface area (Å²) in [5.41, 5.74) is 6.88. The molecule has 0 aliphatic carbocycles. The van der Waals surface area contributed by atoms with Crippen molar-refractivity contribution in [1.82, 2.24) is 10.2 Å². The lowest BCUT2D eigenvalue weighted by molar-refractivity contribution is 0.372. The zero-order valence-electron chi connectivity index (χ0n) is 11.4. The fourth-order valence-corrected chi connectivity index (χ4v) is 1.40. The van der Waals surface area contributed by atoms with Crippen LogP contribution in [0.25, 0.3) is 0 Å². The summed E-state index contributed by atoms with van der Waals surface area (Å²) < 4.78 is 0. The molecule has 0 aliphatic heterocycles. The molecule has 3 nitrogen and oxygen atoms in total. The highest BCUT2D eigenvalue weighted by molar-refractivity contribution is 5.03. The summed E-state index contributed by atoms with van der Waals surface area (Å²) in [6.45, 7) is 9.70. The van der Waals surface area contributed by atoms with E-state index in [1.807, 2.05) is 13.2 Å². The molecule has 0 bridgehead atoms. The number of nitrogens with one attached hydrogen (secondary N) is 1. The fourth-order valence-electron chi connectivity index (χ4n) is 1.40. The predicted molar refractivity (Wildman–Crippen MR) is 71.8 cm³/mol. The average Bonchev–Trinajstić information content (AvgIpc) is 2.24. The Morgan fingerprint density at radius 3 is 2.50 bits per heavy atom. The van der Waals surface area contributed by atoms with E-state index in [1.54, 1.807) is 6.20 Å². The standard InChI is InChI=1S/C13H27N3/c1-6-12(16(5)11-9-14)8-10-15-13(3,4)7-2/h6,9,11,15H,7-8,10,14H2,1-5H3/b11-9-,12-6-. The van der Waals surface area contributed by atoms with Crippen molar-refractivity contribution in [3.8, 4) is 0 Å². The third kappa shape index (κ3) is 5.81. The molecule has 0 atom stereocenters. The third-order valence-corrected chi connectivity index (χ3v) is 2.96. The molecule has 3 heteroatoms. The molecule has 0 heterocycles. The number of nitrogens with two attached hydrogens (primary N) is 1. The maximum Gasteiger partial charge on any atom is 0.0189 e. The Kier molecular flexibility index (Phi) is 6.90. The topological polar surface area (TPSA) is 41.3 Å². The van der Waals surface area contributed by atoms with Gasteiger partial charge in [-0.25, -0.2) is 0 Å². The van der Waals surface area contributed by atoms with Gasteiger partial charge in [-0.15, -0.1) is 0 Å². The molecule has 3 N–H and O–H groups in total. The van der Waals surface area contributed by atoms with Gasteiger partial charge in [-0.3, -0.25) is 0 Å². The largest absolute Gasteiger partial charge is 0.403 e. The number of nitrogens with zero attached hydrogens (tertiary/aromatic N) is 1. The normalized spacial score (nSPS) is 13.4. The summed E-state index contributed by atoms with van der Waals surface area (Å²) in [5.74, 6) is 0. The van der Waals surface area contributed by atoms with Crippen LogP contribution in [-0.2, 0) is 0 Å². The molecule has 0 rings (SSSR count). The van der Waals surface area contributed by atoms with Gasteiger partial charge in [-0.1, -0.05) is 13.0 Å². The van der Waals surface area contributed by atoms with Crippen molar-refractivity contribution in [2.45, 2.75) is 46.1 Å². The van der Waals surface area contributed by atoms with Gasteiger partial charge in [0.2, 0.25) is 0 Å². The van der Waals surface area contributed by atoms with Crippen LogP contribution in [0.5, 0.6) is 0 Å². The first-order chi connectivity index (χ1) is 7.46. The van der Waals surface area contributed by atoms with Gasteiger partial charge in [-0.2, -0.15) is 0 Å². The highest BCUT2D eigenvalue weighted by Gasteiger charge is 2.13. The Bertz CT molecular complexity index is 242. The van der Waals surface area contributed by atoms with Gasteiger partial charge in [0.05, 0.1) is 0 Å². The second kappa shape index (κ2) is 7.34. The molecule has 0 amide bonds. The number of hydrogen-bond acceptors (Lipinski definition) is 3. The first-order valence-corrected chi connectivity index (χ1v) is 5.98. The number of hydrogen-bond donors (Lipinski definition) is 2. The van der Waals surface area contributed by atoms with Crippen molar-refractivity contribution in [2.24, 2.45) is 5.73 Å². The van der Waals surface area contributed by atoms with Crippen LogP contribution >= 0.6 is 0 Å². The number of rotatable bonds is 7. The lowest BCUT2D eigenvalue weighted by atomic mass is 10.0. The summed E-state index contributed by atoms with van der Waals surface area (Å²) >= 11 is 0. The van der Waals surface area contributed by atoms with E-state index in [-0.39, 0.29) is 5.54 Å². The van der Waals surface area contributed by atoms with Crippen LogP contribution in [0, 0.1) is 0 Å². The Morgan fingerprint density at radius 2 is 2.06 bits per heavy atom. The molecule has 94 valence electrons. The third-order valence-electron chi connectivity index (χ3n) is 2.96. The van der Waals surface area contributed by atoms with E-state index in [0.717, 1.165) is 19.4 Å². The van der Waals surface area contributed by atoms with Crippen molar-refractivity contribution in [2.75, 3.05) is 13.6 Å². The fraction of sp³-hybridized carbons (Fsp3) is 0.692. The van der Waals surface area contributed by atoms with E-state index in [9.17, 15) is 0 Å². The minimum absolute atomic E-state index is 0.223. The maximum absolute atomic E-state index is 5.38. The van der Waals surface area contributed by atoms with Gasteiger partial charge in [0.25, 0.3) is 0 Å². The zero-order valence-corrected chi connectivity index (χ0v) is 11.4. The Labute approximate surface area is 100 Å². The van der Waals surface area contributed by atoms with Crippen molar-refractivity contribution >= 4 is 0 Å². The molecule has 0 fully saturated rings. The SMILES string of the molecule is C/C=C(/CCNC(C)(C)CC)N(C)/C=C\N. The van der Waals surface area contributed by atoms with E-state index in [1.165, 1.54) is 5.70 Å². The molecule has 0 aliphatic rings. The first kappa shape index (κ1) is 15.0.